The third-order valence-electron chi connectivity index (χ3n) is 2.02. The van der Waals surface area contributed by atoms with Crippen LogP contribution < -0.4 is 10.9 Å². The molecule has 2 aromatic rings. The summed E-state index contributed by atoms with van der Waals surface area (Å²) < 4.78 is 0. The molecule has 2 rings (SSSR count). The van der Waals surface area contributed by atoms with Gasteiger partial charge < -0.3 is 5.32 Å². The zero-order valence-electron chi connectivity index (χ0n) is 8.73. The molecule has 0 unspecified atom stereocenters. The lowest BCUT2D eigenvalue weighted by Crippen LogP contribution is -2.18. The molecule has 2 heterocycles. The lowest BCUT2D eigenvalue weighted by atomic mass is 10.3. The van der Waals surface area contributed by atoms with Crippen LogP contribution in [0.1, 0.15) is 11.4 Å². The van der Waals surface area contributed by atoms with Crippen molar-refractivity contribution < 1.29 is 0 Å². The second-order valence-corrected chi connectivity index (χ2v) is 3.96. The summed E-state index contributed by atoms with van der Waals surface area (Å²) in [5, 5.41) is 12.5. The second kappa shape index (κ2) is 4.84. The molecule has 0 aliphatic carbocycles. The van der Waals surface area contributed by atoms with E-state index in [2.05, 4.69) is 25.5 Å². The van der Waals surface area contributed by atoms with Crippen LogP contribution in [0.5, 0.6) is 0 Å². The Morgan fingerprint density at radius 3 is 3.06 bits per heavy atom. The van der Waals surface area contributed by atoms with Crippen LogP contribution in [0.2, 0.25) is 0 Å². The summed E-state index contributed by atoms with van der Waals surface area (Å²) in [6.07, 6.45) is 0.793. The van der Waals surface area contributed by atoms with Gasteiger partial charge in [-0.3, -0.25) is 9.78 Å². The van der Waals surface area contributed by atoms with Gasteiger partial charge in [-0.25, -0.2) is 4.98 Å². The molecular weight excluding hydrogens is 226 g/mol. The van der Waals surface area contributed by atoms with Gasteiger partial charge >= 0.3 is 0 Å². The molecule has 6 nitrogen and oxygen atoms in total. The Hall–Kier alpha value is -1.76. The third kappa shape index (κ3) is 2.63. The van der Waals surface area contributed by atoms with Gasteiger partial charge in [-0.05, 0) is 6.92 Å². The fourth-order valence-corrected chi connectivity index (χ4v) is 1.74. The molecule has 0 amide bonds. The number of rotatable bonds is 4. The maximum atomic E-state index is 11.2. The van der Waals surface area contributed by atoms with E-state index in [-0.39, 0.29) is 5.56 Å². The van der Waals surface area contributed by atoms with E-state index in [1.54, 1.807) is 23.8 Å². The van der Waals surface area contributed by atoms with Crippen LogP contribution >= 0.6 is 11.3 Å². The largest absolute Gasteiger partial charge is 0.354 e. The van der Waals surface area contributed by atoms with Crippen molar-refractivity contribution in [3.63, 3.8) is 0 Å². The zero-order chi connectivity index (χ0) is 11.4. The van der Waals surface area contributed by atoms with Crippen molar-refractivity contribution in [2.75, 3.05) is 11.9 Å². The number of hydrogen-bond acceptors (Lipinski definition) is 6. The Labute approximate surface area is 95.8 Å². The lowest BCUT2D eigenvalue weighted by molar-refractivity contribution is 0.875. The molecule has 2 N–H and O–H groups in total. The first kappa shape index (κ1) is 10.7. The molecule has 0 aromatic carbocycles. The zero-order valence-corrected chi connectivity index (χ0v) is 9.54. The lowest BCUT2D eigenvalue weighted by Gasteiger charge is -2.02. The van der Waals surface area contributed by atoms with Crippen LogP contribution in [0, 0.1) is 6.92 Å². The van der Waals surface area contributed by atoms with Crippen LogP contribution in [0.3, 0.4) is 0 Å². The highest BCUT2D eigenvalue weighted by Crippen LogP contribution is 2.01. The van der Waals surface area contributed by atoms with Crippen molar-refractivity contribution in [1.29, 1.82) is 0 Å². The summed E-state index contributed by atoms with van der Waals surface area (Å²) in [5.74, 6) is 0.394. The second-order valence-electron chi connectivity index (χ2n) is 3.24. The summed E-state index contributed by atoms with van der Waals surface area (Å²) in [6.45, 7) is 2.28. The predicted octanol–water partition coefficient (Wildman–Crippen LogP) is 0.584. The molecule has 0 fully saturated rings. The van der Waals surface area contributed by atoms with Crippen molar-refractivity contribution in [3.05, 3.63) is 32.6 Å². The fourth-order valence-electron chi connectivity index (χ4n) is 1.14. The van der Waals surface area contributed by atoms with Gasteiger partial charge in [-0.2, -0.15) is 0 Å². The maximum absolute atomic E-state index is 11.2. The molecule has 2 aromatic heterocycles. The van der Waals surface area contributed by atoms with Crippen molar-refractivity contribution in [1.82, 2.24) is 20.2 Å². The SMILES string of the molecule is Cc1nnc(NCCc2cscn2)[nH]c1=O. The molecule has 84 valence electrons. The van der Waals surface area contributed by atoms with E-state index in [4.69, 9.17) is 0 Å². The summed E-state index contributed by atoms with van der Waals surface area (Å²) >= 11 is 1.57. The molecular formula is C9H11N5OS. The molecule has 16 heavy (non-hydrogen) atoms. The quantitative estimate of drug-likeness (QED) is 0.813. The van der Waals surface area contributed by atoms with E-state index in [0.29, 0.717) is 18.2 Å². The minimum atomic E-state index is -0.217. The number of aryl methyl sites for hydroxylation is 1. The molecule has 7 heteroatoms. The van der Waals surface area contributed by atoms with Crippen molar-refractivity contribution >= 4 is 17.3 Å². The number of aromatic nitrogens is 4. The maximum Gasteiger partial charge on any atom is 0.273 e. The molecule has 0 saturated heterocycles. The van der Waals surface area contributed by atoms with Gasteiger partial charge in [0.1, 0.15) is 5.69 Å². The Morgan fingerprint density at radius 1 is 1.50 bits per heavy atom. The average molecular weight is 237 g/mol. The topological polar surface area (TPSA) is 83.6 Å². The summed E-state index contributed by atoms with van der Waals surface area (Å²) in [7, 11) is 0. The highest BCUT2D eigenvalue weighted by molar-refractivity contribution is 7.07. The fraction of sp³-hybridized carbons (Fsp3) is 0.333. The molecule has 0 spiro atoms. The van der Waals surface area contributed by atoms with E-state index in [1.807, 2.05) is 5.38 Å². The van der Waals surface area contributed by atoms with Crippen LogP contribution in [-0.2, 0) is 6.42 Å². The smallest absolute Gasteiger partial charge is 0.273 e. The number of H-pyrrole nitrogens is 1. The van der Waals surface area contributed by atoms with Gasteiger partial charge in [0.05, 0.1) is 11.2 Å². The first-order valence-corrected chi connectivity index (χ1v) is 5.74. The molecule has 0 atom stereocenters. The van der Waals surface area contributed by atoms with E-state index < -0.39 is 0 Å². The monoisotopic (exact) mass is 237 g/mol. The Bertz CT molecular complexity index is 507. The van der Waals surface area contributed by atoms with Gasteiger partial charge in [0.2, 0.25) is 5.95 Å². The van der Waals surface area contributed by atoms with Gasteiger partial charge in [0.15, 0.2) is 0 Å². The number of aromatic amines is 1. The van der Waals surface area contributed by atoms with Crippen molar-refractivity contribution in [2.24, 2.45) is 0 Å². The molecule has 0 radical (unpaired) electrons. The van der Waals surface area contributed by atoms with E-state index >= 15 is 0 Å². The van der Waals surface area contributed by atoms with Crippen LogP contribution in [-0.4, -0.2) is 26.7 Å². The Balaban J connectivity index is 1.90. The normalized spacial score (nSPS) is 10.3. The first-order valence-electron chi connectivity index (χ1n) is 4.80. The summed E-state index contributed by atoms with van der Waals surface area (Å²) in [5.41, 5.74) is 2.97. The van der Waals surface area contributed by atoms with Gasteiger partial charge in [0, 0.05) is 18.3 Å². The summed E-state index contributed by atoms with van der Waals surface area (Å²) in [6, 6.07) is 0. The number of nitrogens with zero attached hydrogens (tertiary/aromatic N) is 3. The number of thiazole rings is 1. The number of hydrogen-bond donors (Lipinski definition) is 2. The Kier molecular flexibility index (Phi) is 3.25. The van der Waals surface area contributed by atoms with Crippen LogP contribution in [0.4, 0.5) is 5.95 Å². The van der Waals surface area contributed by atoms with Crippen molar-refractivity contribution in [3.8, 4) is 0 Å². The summed E-state index contributed by atoms with van der Waals surface area (Å²) in [4.78, 5) is 18.0. The highest BCUT2D eigenvalue weighted by Gasteiger charge is 1.99. The minimum Gasteiger partial charge on any atom is -0.354 e. The standard InChI is InChI=1S/C9H11N5OS/c1-6-8(15)12-9(14-13-6)10-3-2-7-4-16-5-11-7/h4-5H,2-3H2,1H3,(H2,10,12,14,15). The first-order chi connectivity index (χ1) is 7.75. The molecule has 0 aliphatic rings. The van der Waals surface area contributed by atoms with Gasteiger partial charge in [-0.15, -0.1) is 21.5 Å². The Morgan fingerprint density at radius 2 is 2.38 bits per heavy atom. The van der Waals surface area contributed by atoms with E-state index in [0.717, 1.165) is 12.1 Å². The van der Waals surface area contributed by atoms with Crippen LogP contribution in [0.25, 0.3) is 0 Å². The molecule has 0 saturated carbocycles. The predicted molar refractivity (Wildman–Crippen MR) is 61.7 cm³/mol. The van der Waals surface area contributed by atoms with E-state index in [1.165, 1.54) is 0 Å². The molecule has 0 bridgehead atoms. The highest BCUT2D eigenvalue weighted by atomic mass is 32.1. The number of nitrogens with one attached hydrogen (secondary N) is 2. The molecule has 0 aliphatic heterocycles. The third-order valence-corrected chi connectivity index (χ3v) is 2.65. The average Bonchev–Trinajstić information content (AvgIpc) is 2.76. The minimum absolute atomic E-state index is 0.217. The van der Waals surface area contributed by atoms with Crippen LogP contribution in [0.15, 0.2) is 15.7 Å². The number of anilines is 1. The van der Waals surface area contributed by atoms with Crippen molar-refractivity contribution in [2.45, 2.75) is 13.3 Å². The van der Waals surface area contributed by atoms with Gasteiger partial charge in [-0.1, -0.05) is 0 Å². The van der Waals surface area contributed by atoms with E-state index in [9.17, 15) is 4.79 Å². The van der Waals surface area contributed by atoms with Gasteiger partial charge in [0.25, 0.3) is 5.56 Å².